The highest BCUT2D eigenvalue weighted by molar-refractivity contribution is 5.93. The molecule has 0 spiro atoms. The average Bonchev–Trinajstić information content (AvgIpc) is 3.42. The number of carbonyl (C=O) groups is 1. The van der Waals surface area contributed by atoms with Crippen molar-refractivity contribution < 1.29 is 4.79 Å². The summed E-state index contributed by atoms with van der Waals surface area (Å²) < 4.78 is 1.78. The molecule has 28 heavy (non-hydrogen) atoms. The van der Waals surface area contributed by atoms with Gasteiger partial charge in [-0.1, -0.05) is 36.4 Å². The summed E-state index contributed by atoms with van der Waals surface area (Å²) in [6, 6.07) is 17.9. The van der Waals surface area contributed by atoms with E-state index in [1.54, 1.807) is 29.2 Å². The molecule has 1 fully saturated rings. The Morgan fingerprint density at radius 2 is 1.75 bits per heavy atom. The predicted molar refractivity (Wildman–Crippen MR) is 107 cm³/mol. The van der Waals surface area contributed by atoms with Crippen LogP contribution in [0.15, 0.2) is 60.9 Å². The zero-order valence-electron chi connectivity index (χ0n) is 15.6. The number of amides is 1. The molecule has 1 aliphatic rings. The molecular formula is C23H22N4O. The number of nitriles is 1. The predicted octanol–water partition coefficient (Wildman–Crippen LogP) is 3.69. The minimum Gasteiger partial charge on any atom is -0.348 e. The largest absolute Gasteiger partial charge is 0.348 e. The number of aromatic nitrogens is 2. The lowest BCUT2D eigenvalue weighted by atomic mass is 10.1. The number of nitrogens with zero attached hydrogens (tertiary/aromatic N) is 3. The molecule has 140 valence electrons. The van der Waals surface area contributed by atoms with Crippen molar-refractivity contribution >= 4 is 5.91 Å². The molecule has 5 heteroatoms. The smallest absolute Gasteiger partial charge is 0.254 e. The summed E-state index contributed by atoms with van der Waals surface area (Å²) in [4.78, 5) is 12.3. The maximum Gasteiger partial charge on any atom is 0.254 e. The third kappa shape index (κ3) is 4.66. The molecule has 2 aromatic carbocycles. The van der Waals surface area contributed by atoms with E-state index in [2.05, 4.69) is 40.8 Å². The van der Waals surface area contributed by atoms with Gasteiger partial charge in [-0.3, -0.25) is 9.48 Å². The van der Waals surface area contributed by atoms with E-state index in [4.69, 9.17) is 5.26 Å². The highest BCUT2D eigenvalue weighted by atomic mass is 16.1. The number of hydrogen-bond acceptors (Lipinski definition) is 3. The van der Waals surface area contributed by atoms with Crippen LogP contribution >= 0.6 is 0 Å². The second-order valence-corrected chi connectivity index (χ2v) is 7.38. The summed E-state index contributed by atoms with van der Waals surface area (Å²) in [5.41, 5.74) is 4.67. The quantitative estimate of drug-likeness (QED) is 0.689. The Bertz CT molecular complexity index is 992. The van der Waals surface area contributed by atoms with Crippen molar-refractivity contribution in [2.45, 2.75) is 32.4 Å². The fourth-order valence-corrected chi connectivity index (χ4v) is 3.17. The molecule has 4 rings (SSSR count). The molecule has 0 aliphatic heterocycles. The number of hydrogen-bond donors (Lipinski definition) is 1. The fraction of sp³-hybridized carbons (Fsp3) is 0.261. The standard InChI is InChI=1S/C23H22N4O/c24-12-19-5-7-20(8-6-19)13-25-23(28)22-14-26-27(16-22)15-21-9-3-18(4-10-21)11-17-1-2-17/h3-10,14,16-17H,1-2,11,13,15H2,(H,25,28). The average molecular weight is 370 g/mol. The Kier molecular flexibility index (Phi) is 5.20. The first-order valence-corrected chi connectivity index (χ1v) is 9.57. The summed E-state index contributed by atoms with van der Waals surface area (Å²) in [5.74, 6) is 0.734. The van der Waals surface area contributed by atoms with E-state index in [1.165, 1.54) is 30.4 Å². The van der Waals surface area contributed by atoms with E-state index < -0.39 is 0 Å². The van der Waals surface area contributed by atoms with Crippen LogP contribution in [0.3, 0.4) is 0 Å². The molecule has 0 atom stereocenters. The van der Waals surface area contributed by atoms with E-state index in [9.17, 15) is 4.79 Å². The van der Waals surface area contributed by atoms with Crippen molar-refractivity contribution in [2.75, 3.05) is 0 Å². The highest BCUT2D eigenvalue weighted by Gasteiger charge is 2.21. The molecule has 1 amide bonds. The van der Waals surface area contributed by atoms with Gasteiger partial charge in [0.25, 0.3) is 5.91 Å². The Morgan fingerprint density at radius 3 is 2.43 bits per heavy atom. The molecule has 1 N–H and O–H groups in total. The molecule has 0 unspecified atom stereocenters. The Morgan fingerprint density at radius 1 is 1.07 bits per heavy atom. The minimum absolute atomic E-state index is 0.157. The lowest BCUT2D eigenvalue weighted by Crippen LogP contribution is -2.22. The van der Waals surface area contributed by atoms with Gasteiger partial charge in [0, 0.05) is 12.7 Å². The van der Waals surface area contributed by atoms with Crippen LogP contribution in [0, 0.1) is 17.2 Å². The normalized spacial score (nSPS) is 13.1. The van der Waals surface area contributed by atoms with Crippen LogP contribution in [0.5, 0.6) is 0 Å². The van der Waals surface area contributed by atoms with Crippen LogP contribution in [-0.4, -0.2) is 15.7 Å². The Hall–Kier alpha value is -3.39. The van der Waals surface area contributed by atoms with Crippen LogP contribution in [0.4, 0.5) is 0 Å². The molecule has 1 heterocycles. The zero-order valence-corrected chi connectivity index (χ0v) is 15.6. The molecule has 3 aromatic rings. The lowest BCUT2D eigenvalue weighted by Gasteiger charge is -2.05. The van der Waals surface area contributed by atoms with Crippen LogP contribution in [0.2, 0.25) is 0 Å². The molecule has 5 nitrogen and oxygen atoms in total. The Labute approximate surface area is 164 Å². The van der Waals surface area contributed by atoms with Gasteiger partial charge in [-0.05, 0) is 54.0 Å². The van der Waals surface area contributed by atoms with E-state index in [0.717, 1.165) is 11.5 Å². The van der Waals surface area contributed by atoms with Gasteiger partial charge in [0.1, 0.15) is 0 Å². The maximum atomic E-state index is 12.3. The zero-order chi connectivity index (χ0) is 19.3. The topological polar surface area (TPSA) is 70.7 Å². The van der Waals surface area contributed by atoms with Gasteiger partial charge >= 0.3 is 0 Å². The second kappa shape index (κ2) is 8.10. The molecule has 0 saturated heterocycles. The van der Waals surface area contributed by atoms with E-state index in [1.807, 2.05) is 12.1 Å². The van der Waals surface area contributed by atoms with Gasteiger partial charge in [0.15, 0.2) is 0 Å². The highest BCUT2D eigenvalue weighted by Crippen LogP contribution is 2.32. The van der Waals surface area contributed by atoms with Gasteiger partial charge < -0.3 is 5.32 Å². The summed E-state index contributed by atoms with van der Waals surface area (Å²) >= 11 is 0. The minimum atomic E-state index is -0.157. The number of nitrogens with one attached hydrogen (secondary N) is 1. The molecule has 1 aromatic heterocycles. The number of rotatable bonds is 7. The summed E-state index contributed by atoms with van der Waals surface area (Å²) in [5, 5.41) is 16.0. The first-order valence-electron chi connectivity index (χ1n) is 9.57. The first-order chi connectivity index (χ1) is 13.7. The van der Waals surface area contributed by atoms with Crippen molar-refractivity contribution in [1.29, 1.82) is 5.26 Å². The van der Waals surface area contributed by atoms with Gasteiger partial charge in [0.05, 0.1) is 29.9 Å². The summed E-state index contributed by atoms with van der Waals surface area (Å²) in [6.07, 6.45) is 7.28. The van der Waals surface area contributed by atoms with Crippen molar-refractivity contribution in [1.82, 2.24) is 15.1 Å². The van der Waals surface area contributed by atoms with Gasteiger partial charge in [0.2, 0.25) is 0 Å². The lowest BCUT2D eigenvalue weighted by molar-refractivity contribution is 0.0951. The Balaban J connectivity index is 1.31. The monoisotopic (exact) mass is 370 g/mol. The third-order valence-corrected chi connectivity index (χ3v) is 5.02. The van der Waals surface area contributed by atoms with E-state index >= 15 is 0 Å². The van der Waals surface area contributed by atoms with Gasteiger partial charge in [-0.2, -0.15) is 10.4 Å². The van der Waals surface area contributed by atoms with Gasteiger partial charge in [-0.25, -0.2) is 0 Å². The van der Waals surface area contributed by atoms with Gasteiger partial charge in [-0.15, -0.1) is 0 Å². The van der Waals surface area contributed by atoms with Crippen LogP contribution in [0.1, 0.15) is 45.5 Å². The third-order valence-electron chi connectivity index (χ3n) is 5.02. The molecule has 1 saturated carbocycles. The van der Waals surface area contributed by atoms with Crippen molar-refractivity contribution in [3.8, 4) is 6.07 Å². The molecular weight excluding hydrogens is 348 g/mol. The maximum absolute atomic E-state index is 12.3. The second-order valence-electron chi connectivity index (χ2n) is 7.38. The van der Waals surface area contributed by atoms with Crippen LogP contribution < -0.4 is 5.32 Å². The van der Waals surface area contributed by atoms with E-state index in [-0.39, 0.29) is 5.91 Å². The molecule has 0 bridgehead atoms. The van der Waals surface area contributed by atoms with Crippen molar-refractivity contribution in [3.63, 3.8) is 0 Å². The van der Waals surface area contributed by atoms with E-state index in [0.29, 0.717) is 24.2 Å². The van der Waals surface area contributed by atoms with Crippen molar-refractivity contribution in [2.24, 2.45) is 5.92 Å². The van der Waals surface area contributed by atoms with Crippen LogP contribution in [0.25, 0.3) is 0 Å². The molecule has 0 radical (unpaired) electrons. The fourth-order valence-electron chi connectivity index (χ4n) is 3.17. The van der Waals surface area contributed by atoms with Crippen molar-refractivity contribution in [3.05, 3.63) is 88.7 Å². The summed E-state index contributed by atoms with van der Waals surface area (Å²) in [6.45, 7) is 1.06. The number of benzene rings is 2. The number of carbonyl (C=O) groups excluding carboxylic acids is 1. The summed E-state index contributed by atoms with van der Waals surface area (Å²) in [7, 11) is 0. The van der Waals surface area contributed by atoms with Crippen LogP contribution in [-0.2, 0) is 19.5 Å². The molecule has 1 aliphatic carbocycles. The first kappa shape index (κ1) is 18.0. The SMILES string of the molecule is N#Cc1ccc(CNC(=O)c2cnn(Cc3ccc(CC4CC4)cc3)c2)cc1.